The fourth-order valence-corrected chi connectivity index (χ4v) is 3.16. The van der Waals surface area contributed by atoms with E-state index in [4.69, 9.17) is 0 Å². The summed E-state index contributed by atoms with van der Waals surface area (Å²) in [4.78, 5) is 4.28. The second-order valence-corrected chi connectivity index (χ2v) is 5.08. The lowest BCUT2D eigenvalue weighted by atomic mass is 10.0. The summed E-state index contributed by atoms with van der Waals surface area (Å²) >= 11 is 5.00. The minimum Gasteiger partial charge on any atom is -0.382 e. The quantitative estimate of drug-likeness (QED) is 0.940. The standard InChI is InChI=1S/C12H12BrNOS/c1-2-8-4-3-5-14-11(8)12(15)9-6-16-7-10(9)13/h3-7,12,15H,2H2,1H3. The molecule has 0 saturated carbocycles. The Morgan fingerprint density at radius 1 is 1.50 bits per heavy atom. The summed E-state index contributed by atoms with van der Waals surface area (Å²) in [7, 11) is 0. The lowest BCUT2D eigenvalue weighted by Gasteiger charge is -2.13. The van der Waals surface area contributed by atoms with Crippen molar-refractivity contribution in [3.05, 3.63) is 50.4 Å². The van der Waals surface area contributed by atoms with Crippen LogP contribution in [0.1, 0.15) is 29.8 Å². The Labute approximate surface area is 107 Å². The Bertz CT molecular complexity index is 483. The molecule has 0 aromatic carbocycles. The summed E-state index contributed by atoms with van der Waals surface area (Å²) in [6, 6.07) is 3.91. The molecule has 0 bridgehead atoms. The predicted molar refractivity (Wildman–Crippen MR) is 69.7 cm³/mol. The van der Waals surface area contributed by atoms with E-state index < -0.39 is 6.10 Å². The van der Waals surface area contributed by atoms with Gasteiger partial charge in [-0.25, -0.2) is 0 Å². The molecule has 0 amide bonds. The van der Waals surface area contributed by atoms with Gasteiger partial charge in [-0.3, -0.25) is 4.98 Å². The number of hydrogen-bond acceptors (Lipinski definition) is 3. The van der Waals surface area contributed by atoms with Gasteiger partial charge in [-0.1, -0.05) is 13.0 Å². The number of nitrogens with zero attached hydrogens (tertiary/aromatic N) is 1. The molecule has 2 rings (SSSR count). The van der Waals surface area contributed by atoms with Crippen LogP contribution in [-0.4, -0.2) is 10.1 Å². The summed E-state index contributed by atoms with van der Waals surface area (Å²) in [5.74, 6) is 0. The Morgan fingerprint density at radius 2 is 2.31 bits per heavy atom. The molecule has 1 unspecified atom stereocenters. The first-order valence-corrected chi connectivity index (χ1v) is 6.81. The van der Waals surface area contributed by atoms with Crippen molar-refractivity contribution >= 4 is 27.3 Å². The van der Waals surface area contributed by atoms with Gasteiger partial charge in [0.25, 0.3) is 0 Å². The highest BCUT2D eigenvalue weighted by Crippen LogP contribution is 2.31. The smallest absolute Gasteiger partial charge is 0.123 e. The van der Waals surface area contributed by atoms with E-state index in [0.717, 1.165) is 27.7 Å². The molecule has 0 fully saturated rings. The van der Waals surface area contributed by atoms with Crippen molar-refractivity contribution in [3.8, 4) is 0 Å². The summed E-state index contributed by atoms with van der Waals surface area (Å²) < 4.78 is 0.942. The van der Waals surface area contributed by atoms with Gasteiger partial charge in [0.15, 0.2) is 0 Å². The van der Waals surface area contributed by atoms with E-state index in [0.29, 0.717) is 0 Å². The van der Waals surface area contributed by atoms with Gasteiger partial charge in [0, 0.05) is 21.6 Å². The molecule has 0 radical (unpaired) electrons. The van der Waals surface area contributed by atoms with Crippen LogP contribution in [-0.2, 0) is 6.42 Å². The molecule has 0 saturated heterocycles. The topological polar surface area (TPSA) is 33.1 Å². The third-order valence-electron chi connectivity index (χ3n) is 2.50. The zero-order valence-electron chi connectivity index (χ0n) is 8.85. The number of aliphatic hydroxyl groups is 1. The van der Waals surface area contributed by atoms with Gasteiger partial charge in [-0.2, -0.15) is 11.3 Å². The van der Waals surface area contributed by atoms with Crippen molar-refractivity contribution < 1.29 is 5.11 Å². The summed E-state index contributed by atoms with van der Waals surface area (Å²) in [6.07, 6.45) is 1.96. The van der Waals surface area contributed by atoms with Crippen molar-refractivity contribution in [2.24, 2.45) is 0 Å². The fraction of sp³-hybridized carbons (Fsp3) is 0.250. The van der Waals surface area contributed by atoms with Gasteiger partial charge in [0.2, 0.25) is 0 Å². The van der Waals surface area contributed by atoms with E-state index in [1.165, 1.54) is 0 Å². The van der Waals surface area contributed by atoms with Crippen LogP contribution in [0.25, 0.3) is 0 Å². The maximum Gasteiger partial charge on any atom is 0.123 e. The maximum atomic E-state index is 10.3. The van der Waals surface area contributed by atoms with Crippen LogP contribution in [0.2, 0.25) is 0 Å². The van der Waals surface area contributed by atoms with Crippen molar-refractivity contribution in [3.63, 3.8) is 0 Å². The number of halogens is 1. The second-order valence-electron chi connectivity index (χ2n) is 3.48. The third-order valence-corrected chi connectivity index (χ3v) is 4.25. The van der Waals surface area contributed by atoms with Gasteiger partial charge in [0.05, 0.1) is 5.69 Å². The number of aliphatic hydroxyl groups excluding tert-OH is 1. The van der Waals surface area contributed by atoms with Gasteiger partial charge >= 0.3 is 0 Å². The first-order valence-electron chi connectivity index (χ1n) is 5.07. The van der Waals surface area contributed by atoms with Crippen LogP contribution in [0.15, 0.2) is 33.6 Å². The predicted octanol–water partition coefficient (Wildman–Crippen LogP) is 3.55. The molecule has 16 heavy (non-hydrogen) atoms. The molecule has 1 N–H and O–H groups in total. The molecule has 0 aliphatic carbocycles. The van der Waals surface area contributed by atoms with Gasteiger partial charge in [0.1, 0.15) is 6.10 Å². The monoisotopic (exact) mass is 297 g/mol. The molecule has 0 spiro atoms. The highest BCUT2D eigenvalue weighted by Gasteiger charge is 2.18. The van der Waals surface area contributed by atoms with E-state index in [1.807, 2.05) is 22.9 Å². The molecule has 2 aromatic rings. The zero-order chi connectivity index (χ0) is 11.5. The largest absolute Gasteiger partial charge is 0.382 e. The number of thiophene rings is 1. The van der Waals surface area contributed by atoms with E-state index in [1.54, 1.807) is 17.5 Å². The summed E-state index contributed by atoms with van der Waals surface area (Å²) in [5.41, 5.74) is 2.73. The summed E-state index contributed by atoms with van der Waals surface area (Å²) in [5, 5.41) is 14.2. The maximum absolute atomic E-state index is 10.3. The normalized spacial score (nSPS) is 12.7. The molecule has 84 valence electrons. The van der Waals surface area contributed by atoms with Crippen LogP contribution in [0.5, 0.6) is 0 Å². The molecule has 1 atom stereocenters. The van der Waals surface area contributed by atoms with Crippen LogP contribution in [0.3, 0.4) is 0 Å². The van der Waals surface area contributed by atoms with Crippen LogP contribution >= 0.6 is 27.3 Å². The minimum absolute atomic E-state index is 0.642. The summed E-state index contributed by atoms with van der Waals surface area (Å²) in [6.45, 7) is 2.07. The first-order chi connectivity index (χ1) is 7.74. The van der Waals surface area contributed by atoms with Crippen LogP contribution in [0.4, 0.5) is 0 Å². The van der Waals surface area contributed by atoms with Crippen molar-refractivity contribution in [2.45, 2.75) is 19.4 Å². The van der Waals surface area contributed by atoms with E-state index in [9.17, 15) is 5.11 Å². The number of hydrogen-bond donors (Lipinski definition) is 1. The van der Waals surface area contributed by atoms with E-state index >= 15 is 0 Å². The molecular formula is C12H12BrNOS. The van der Waals surface area contributed by atoms with E-state index in [-0.39, 0.29) is 0 Å². The molecule has 4 heteroatoms. The van der Waals surface area contributed by atoms with Gasteiger partial charge in [-0.05, 0) is 39.4 Å². The Morgan fingerprint density at radius 3 is 2.94 bits per heavy atom. The third kappa shape index (κ3) is 2.19. The zero-order valence-corrected chi connectivity index (χ0v) is 11.3. The van der Waals surface area contributed by atoms with Crippen molar-refractivity contribution in [1.82, 2.24) is 4.98 Å². The average molecular weight is 298 g/mol. The Balaban J connectivity index is 2.41. The van der Waals surface area contributed by atoms with Crippen LogP contribution < -0.4 is 0 Å². The molecule has 2 nitrogen and oxygen atoms in total. The SMILES string of the molecule is CCc1cccnc1C(O)c1cscc1Br. The minimum atomic E-state index is -0.642. The fourth-order valence-electron chi connectivity index (χ4n) is 1.63. The molecule has 2 heterocycles. The number of pyridine rings is 1. The highest BCUT2D eigenvalue weighted by molar-refractivity contribution is 9.10. The van der Waals surface area contributed by atoms with Crippen LogP contribution in [0, 0.1) is 0 Å². The first kappa shape index (κ1) is 11.8. The molecular weight excluding hydrogens is 286 g/mol. The van der Waals surface area contributed by atoms with Crippen molar-refractivity contribution in [1.29, 1.82) is 0 Å². The number of aromatic nitrogens is 1. The Hall–Kier alpha value is -0.710. The molecule has 2 aromatic heterocycles. The van der Waals surface area contributed by atoms with Crippen molar-refractivity contribution in [2.75, 3.05) is 0 Å². The lowest BCUT2D eigenvalue weighted by molar-refractivity contribution is 0.214. The Kier molecular flexibility index (Phi) is 3.74. The highest BCUT2D eigenvalue weighted by atomic mass is 79.9. The number of rotatable bonds is 3. The lowest BCUT2D eigenvalue weighted by Crippen LogP contribution is -2.05. The van der Waals surface area contributed by atoms with Gasteiger partial charge in [-0.15, -0.1) is 0 Å². The average Bonchev–Trinajstić information content (AvgIpc) is 2.74. The van der Waals surface area contributed by atoms with Gasteiger partial charge < -0.3 is 5.11 Å². The number of aryl methyl sites for hydroxylation is 1. The molecule has 0 aliphatic rings. The molecule has 0 aliphatic heterocycles. The van der Waals surface area contributed by atoms with E-state index in [2.05, 4.69) is 27.8 Å². The second kappa shape index (κ2) is 5.08.